The Morgan fingerprint density at radius 1 is 1.37 bits per heavy atom. The summed E-state index contributed by atoms with van der Waals surface area (Å²) in [6, 6.07) is 0. The predicted octanol–water partition coefficient (Wildman–Crippen LogP) is 4.40. The summed E-state index contributed by atoms with van der Waals surface area (Å²) in [7, 11) is -4.22. The summed E-state index contributed by atoms with van der Waals surface area (Å²) in [5.74, 6) is 0.560. The fourth-order valence-electron chi connectivity index (χ4n) is 2.73. The maximum Gasteiger partial charge on any atom is 0.291 e. The van der Waals surface area contributed by atoms with Crippen molar-refractivity contribution in [2.24, 2.45) is 11.3 Å². The van der Waals surface area contributed by atoms with Crippen LogP contribution in [0, 0.1) is 11.3 Å². The number of hydrogen-bond acceptors (Lipinski definition) is 2. The van der Waals surface area contributed by atoms with Gasteiger partial charge in [-0.15, -0.1) is 0 Å². The van der Waals surface area contributed by atoms with Crippen LogP contribution in [0.15, 0.2) is 22.1 Å². The minimum Gasteiger partial charge on any atom is -0.282 e. The van der Waals surface area contributed by atoms with Crippen molar-refractivity contribution >= 4 is 42.0 Å². The second kappa shape index (κ2) is 4.68. The summed E-state index contributed by atoms with van der Waals surface area (Å²) in [6.45, 7) is 5.60. The average Bonchev–Trinajstić information content (AvgIpc) is 2.96. The molecule has 1 fully saturated rings. The van der Waals surface area contributed by atoms with Crippen molar-refractivity contribution in [3.05, 3.63) is 22.1 Å². The second-order valence-electron chi connectivity index (χ2n) is 6.00. The summed E-state index contributed by atoms with van der Waals surface area (Å²) in [5, 5.41) is 0. The highest BCUT2D eigenvalue weighted by Gasteiger charge is 2.52. The normalized spacial score (nSPS) is 26.3. The molecule has 0 saturated heterocycles. The largest absolute Gasteiger partial charge is 0.291 e. The van der Waals surface area contributed by atoms with Crippen molar-refractivity contribution in [1.82, 2.24) is 0 Å². The van der Waals surface area contributed by atoms with Gasteiger partial charge < -0.3 is 0 Å². The van der Waals surface area contributed by atoms with Crippen molar-refractivity contribution in [1.29, 1.82) is 0 Å². The van der Waals surface area contributed by atoms with Crippen LogP contribution < -0.4 is 0 Å². The molecule has 0 atom stereocenters. The Hall–Kier alpha value is 0.350. The van der Waals surface area contributed by atoms with Crippen LogP contribution in [0.1, 0.15) is 40.0 Å². The van der Waals surface area contributed by atoms with Gasteiger partial charge in [0.2, 0.25) is 0 Å². The molecule has 2 aliphatic rings. The lowest BCUT2D eigenvalue weighted by molar-refractivity contribution is 0.419. The first-order valence-electron chi connectivity index (χ1n) is 6.25. The monoisotopic (exact) mass is 412 g/mol. The Balaban J connectivity index is 2.64. The molecule has 6 heteroatoms. The molecule has 0 spiro atoms. The van der Waals surface area contributed by atoms with Crippen molar-refractivity contribution in [2.75, 3.05) is 0 Å². The number of rotatable bonds is 3. The molecule has 3 nitrogen and oxygen atoms in total. The molecule has 0 radical (unpaired) electrons. The van der Waals surface area contributed by atoms with Crippen LogP contribution in [0.3, 0.4) is 0 Å². The summed E-state index contributed by atoms with van der Waals surface area (Å²) in [6.07, 6.45) is 4.90. The Bertz CT molecular complexity index is 567. The van der Waals surface area contributed by atoms with E-state index >= 15 is 0 Å². The number of hydrogen-bond donors (Lipinski definition) is 1. The van der Waals surface area contributed by atoms with E-state index < -0.39 is 18.8 Å². The minimum atomic E-state index is -4.22. The SMILES string of the molecule is CC1=CC(CC2CC2)=C(S(=O)(=O)O)C(C)(C)C1(Br)Br. The van der Waals surface area contributed by atoms with Gasteiger partial charge in [0, 0.05) is 5.41 Å². The fraction of sp³-hybridized carbons (Fsp3) is 0.692. The smallest absolute Gasteiger partial charge is 0.282 e. The molecule has 0 aliphatic heterocycles. The Morgan fingerprint density at radius 2 is 1.89 bits per heavy atom. The molecular formula is C13H18Br2O3S. The van der Waals surface area contributed by atoms with Crippen molar-refractivity contribution in [2.45, 2.75) is 43.3 Å². The van der Waals surface area contributed by atoms with Gasteiger partial charge in [0.1, 0.15) is 3.23 Å². The topological polar surface area (TPSA) is 54.4 Å². The van der Waals surface area contributed by atoms with Gasteiger partial charge in [-0.2, -0.15) is 8.42 Å². The third-order valence-electron chi connectivity index (χ3n) is 3.99. The molecular weight excluding hydrogens is 396 g/mol. The van der Waals surface area contributed by atoms with Gasteiger partial charge in [0.05, 0.1) is 4.91 Å². The fourth-order valence-corrected chi connectivity index (χ4v) is 4.89. The van der Waals surface area contributed by atoms with Crippen molar-refractivity contribution < 1.29 is 13.0 Å². The predicted molar refractivity (Wildman–Crippen MR) is 84.0 cm³/mol. The van der Waals surface area contributed by atoms with Crippen LogP contribution in [0.5, 0.6) is 0 Å². The van der Waals surface area contributed by atoms with Crippen molar-refractivity contribution in [3.8, 4) is 0 Å². The molecule has 0 unspecified atom stereocenters. The summed E-state index contributed by atoms with van der Waals surface area (Å²) >= 11 is 7.12. The van der Waals surface area contributed by atoms with E-state index in [0.29, 0.717) is 5.92 Å². The van der Waals surface area contributed by atoms with Crippen LogP contribution in [0.2, 0.25) is 0 Å². The van der Waals surface area contributed by atoms with Gasteiger partial charge in [-0.25, -0.2) is 0 Å². The quantitative estimate of drug-likeness (QED) is 0.550. The summed E-state index contributed by atoms with van der Waals surface area (Å²) in [5.41, 5.74) is 1.01. The lowest BCUT2D eigenvalue weighted by atomic mass is 9.78. The molecule has 1 N–H and O–H groups in total. The second-order valence-corrected chi connectivity index (χ2v) is 10.8. The van der Waals surface area contributed by atoms with E-state index in [1.165, 1.54) is 0 Å². The first kappa shape index (κ1) is 15.7. The van der Waals surface area contributed by atoms with Crippen LogP contribution >= 0.6 is 31.9 Å². The van der Waals surface area contributed by atoms with Crippen LogP contribution in [-0.2, 0) is 10.1 Å². The third kappa shape index (κ3) is 2.74. The van der Waals surface area contributed by atoms with Gasteiger partial charge in [0.25, 0.3) is 10.1 Å². The number of allylic oxidation sites excluding steroid dienone is 4. The molecule has 0 aromatic carbocycles. The highest BCUT2D eigenvalue weighted by molar-refractivity contribution is 9.25. The molecule has 2 rings (SSSR count). The Kier molecular flexibility index (Phi) is 3.88. The molecule has 0 aromatic heterocycles. The number of alkyl halides is 2. The first-order chi connectivity index (χ1) is 8.48. The van der Waals surface area contributed by atoms with E-state index in [4.69, 9.17) is 0 Å². The van der Waals surface area contributed by atoms with E-state index in [1.807, 2.05) is 26.8 Å². The van der Waals surface area contributed by atoms with Gasteiger partial charge in [-0.1, -0.05) is 51.8 Å². The van der Waals surface area contributed by atoms with Gasteiger partial charge in [-0.3, -0.25) is 4.55 Å². The van der Waals surface area contributed by atoms with Gasteiger partial charge in [0.15, 0.2) is 0 Å². The minimum absolute atomic E-state index is 0.131. The number of halogens is 2. The van der Waals surface area contributed by atoms with Gasteiger partial charge >= 0.3 is 0 Å². The van der Waals surface area contributed by atoms with E-state index in [1.54, 1.807) is 0 Å². The highest BCUT2D eigenvalue weighted by atomic mass is 79.9. The highest BCUT2D eigenvalue weighted by Crippen LogP contribution is 2.58. The van der Waals surface area contributed by atoms with E-state index in [9.17, 15) is 13.0 Å². The molecule has 0 aromatic rings. The molecule has 0 heterocycles. The molecule has 2 aliphatic carbocycles. The lowest BCUT2D eigenvalue weighted by Gasteiger charge is -2.43. The Morgan fingerprint density at radius 3 is 2.32 bits per heavy atom. The summed E-state index contributed by atoms with van der Waals surface area (Å²) in [4.78, 5) is 0.131. The molecule has 108 valence electrons. The third-order valence-corrected chi connectivity index (χ3v) is 8.52. The zero-order chi connectivity index (χ0) is 14.6. The first-order valence-corrected chi connectivity index (χ1v) is 9.28. The molecule has 1 saturated carbocycles. The molecule has 19 heavy (non-hydrogen) atoms. The van der Waals surface area contributed by atoms with Crippen LogP contribution in [0.4, 0.5) is 0 Å². The maximum atomic E-state index is 11.8. The van der Waals surface area contributed by atoms with E-state index in [-0.39, 0.29) is 4.91 Å². The van der Waals surface area contributed by atoms with Crippen LogP contribution in [0.25, 0.3) is 0 Å². The molecule has 0 amide bonds. The van der Waals surface area contributed by atoms with Crippen molar-refractivity contribution in [3.63, 3.8) is 0 Å². The van der Waals surface area contributed by atoms with Gasteiger partial charge in [-0.05, 0) is 43.3 Å². The van der Waals surface area contributed by atoms with E-state index in [0.717, 1.165) is 30.4 Å². The zero-order valence-electron chi connectivity index (χ0n) is 11.2. The molecule has 0 bridgehead atoms. The lowest BCUT2D eigenvalue weighted by Crippen LogP contribution is -2.41. The maximum absolute atomic E-state index is 11.8. The Labute approximate surface area is 131 Å². The van der Waals surface area contributed by atoms with Crippen LogP contribution in [-0.4, -0.2) is 16.2 Å². The zero-order valence-corrected chi connectivity index (χ0v) is 15.2. The average molecular weight is 414 g/mol. The standard InChI is InChI=1S/C13H18Br2O3S/c1-8-6-10(7-9-4-5-9)11(19(16,17)18)12(2,3)13(8,14)15/h6,9H,4-5,7H2,1-3H3,(H,16,17,18). The summed E-state index contributed by atoms with van der Waals surface area (Å²) < 4.78 is 32.7. The van der Waals surface area contributed by atoms with E-state index in [2.05, 4.69) is 31.9 Å².